The molecule has 0 heterocycles. The summed E-state index contributed by atoms with van der Waals surface area (Å²) in [7, 11) is 1.71. The lowest BCUT2D eigenvalue weighted by Crippen LogP contribution is -2.05. The van der Waals surface area contributed by atoms with E-state index in [0.29, 0.717) is 12.4 Å². The number of hydrogen-bond donors (Lipinski definition) is 1. The molecule has 0 aliphatic rings. The Balaban J connectivity index is 2.17. The number of carboxylic acids is 1. The third-order valence-electron chi connectivity index (χ3n) is 2.45. The van der Waals surface area contributed by atoms with Gasteiger partial charge in [0.2, 0.25) is 0 Å². The minimum Gasteiger partial charge on any atom is -0.493 e. The molecule has 0 amide bonds. The van der Waals surface area contributed by atoms with Crippen LogP contribution in [-0.2, 0) is 4.74 Å². The summed E-state index contributed by atoms with van der Waals surface area (Å²) in [5, 5.41) is 8.99. The van der Waals surface area contributed by atoms with Gasteiger partial charge in [-0.1, -0.05) is 12.1 Å². The number of ether oxygens (including phenoxy) is 2. The number of hydrogen-bond acceptors (Lipinski definition) is 4. The van der Waals surface area contributed by atoms with Gasteiger partial charge in [-0.15, -0.1) is 0 Å². The van der Waals surface area contributed by atoms with Gasteiger partial charge in [0.05, 0.1) is 6.61 Å². The maximum atomic E-state index is 11.0. The molecule has 0 aliphatic carbocycles. The summed E-state index contributed by atoms with van der Waals surface area (Å²) >= 11 is 1.86. The van der Waals surface area contributed by atoms with Crippen LogP contribution in [0.2, 0.25) is 0 Å². The molecular formula is C14H20O4S. The van der Waals surface area contributed by atoms with Crippen molar-refractivity contribution in [1.29, 1.82) is 0 Å². The topological polar surface area (TPSA) is 55.8 Å². The molecule has 1 aromatic carbocycles. The first kappa shape index (κ1) is 15.9. The zero-order valence-electron chi connectivity index (χ0n) is 11.1. The second-order valence-corrected chi connectivity index (χ2v) is 5.19. The molecule has 0 saturated carbocycles. The van der Waals surface area contributed by atoms with Crippen molar-refractivity contribution in [2.24, 2.45) is 0 Å². The lowest BCUT2D eigenvalue weighted by Gasteiger charge is -2.08. The zero-order chi connectivity index (χ0) is 13.9. The molecule has 0 atom stereocenters. The number of rotatable bonds is 10. The van der Waals surface area contributed by atoms with Crippen LogP contribution in [0.1, 0.15) is 23.2 Å². The average molecular weight is 284 g/mol. The van der Waals surface area contributed by atoms with Gasteiger partial charge in [-0.3, -0.25) is 0 Å². The molecular weight excluding hydrogens is 264 g/mol. The van der Waals surface area contributed by atoms with E-state index in [4.69, 9.17) is 14.6 Å². The van der Waals surface area contributed by atoms with Gasteiger partial charge in [0.1, 0.15) is 11.3 Å². The standard InChI is InChI=1S/C14H20O4S/c1-17-8-4-10-19-11-5-9-18-13-7-3-2-6-12(13)14(15)16/h2-3,6-7H,4-5,8-11H2,1H3,(H,15,16). The van der Waals surface area contributed by atoms with Crippen molar-refractivity contribution in [3.8, 4) is 5.75 Å². The predicted molar refractivity (Wildman–Crippen MR) is 77.3 cm³/mol. The second kappa shape index (κ2) is 9.69. The number of benzene rings is 1. The number of aromatic carboxylic acids is 1. The molecule has 5 heteroatoms. The van der Waals surface area contributed by atoms with E-state index in [9.17, 15) is 4.79 Å². The van der Waals surface area contributed by atoms with Gasteiger partial charge >= 0.3 is 5.97 Å². The molecule has 0 bridgehead atoms. The quantitative estimate of drug-likeness (QED) is 0.669. The SMILES string of the molecule is COCCCSCCCOc1ccccc1C(=O)O. The fourth-order valence-corrected chi connectivity index (χ4v) is 2.37. The highest BCUT2D eigenvalue weighted by Gasteiger charge is 2.09. The number of carboxylic acid groups (broad SMARTS) is 1. The van der Waals surface area contributed by atoms with Crippen molar-refractivity contribution in [1.82, 2.24) is 0 Å². The van der Waals surface area contributed by atoms with Gasteiger partial charge in [0, 0.05) is 13.7 Å². The minimum atomic E-state index is -0.954. The zero-order valence-corrected chi connectivity index (χ0v) is 11.9. The van der Waals surface area contributed by atoms with Gasteiger partial charge in [-0.2, -0.15) is 11.8 Å². The Hall–Kier alpha value is -1.20. The molecule has 1 rings (SSSR count). The fourth-order valence-electron chi connectivity index (χ4n) is 1.52. The van der Waals surface area contributed by atoms with Crippen LogP contribution in [0.15, 0.2) is 24.3 Å². The summed E-state index contributed by atoms with van der Waals surface area (Å²) in [6.45, 7) is 1.34. The number of thioether (sulfide) groups is 1. The van der Waals surface area contributed by atoms with Gasteiger partial charge in [0.25, 0.3) is 0 Å². The fraction of sp³-hybridized carbons (Fsp3) is 0.500. The summed E-state index contributed by atoms with van der Waals surface area (Å²) in [6, 6.07) is 6.72. The molecule has 19 heavy (non-hydrogen) atoms. The van der Waals surface area contributed by atoms with Crippen molar-refractivity contribution < 1.29 is 19.4 Å². The first-order valence-corrected chi connectivity index (χ1v) is 7.43. The highest BCUT2D eigenvalue weighted by Crippen LogP contribution is 2.18. The van der Waals surface area contributed by atoms with E-state index in [-0.39, 0.29) is 5.56 Å². The van der Waals surface area contributed by atoms with Crippen LogP contribution in [-0.4, -0.2) is 42.9 Å². The van der Waals surface area contributed by atoms with Crippen molar-refractivity contribution >= 4 is 17.7 Å². The molecule has 0 aromatic heterocycles. The third-order valence-corrected chi connectivity index (χ3v) is 3.60. The molecule has 0 fully saturated rings. The maximum absolute atomic E-state index is 11.0. The summed E-state index contributed by atoms with van der Waals surface area (Å²) in [4.78, 5) is 11.0. The first-order chi connectivity index (χ1) is 9.25. The van der Waals surface area contributed by atoms with E-state index in [0.717, 1.165) is 31.0 Å². The maximum Gasteiger partial charge on any atom is 0.339 e. The average Bonchev–Trinajstić information content (AvgIpc) is 2.42. The monoisotopic (exact) mass is 284 g/mol. The molecule has 0 unspecified atom stereocenters. The molecule has 106 valence electrons. The normalized spacial score (nSPS) is 10.4. The van der Waals surface area contributed by atoms with E-state index >= 15 is 0 Å². The van der Waals surface area contributed by atoms with Crippen molar-refractivity contribution in [3.05, 3.63) is 29.8 Å². The van der Waals surface area contributed by atoms with E-state index < -0.39 is 5.97 Å². The molecule has 1 N–H and O–H groups in total. The minimum absolute atomic E-state index is 0.218. The van der Waals surface area contributed by atoms with Crippen molar-refractivity contribution in [2.75, 3.05) is 31.8 Å². The Morgan fingerprint density at radius 1 is 1.21 bits per heavy atom. The van der Waals surface area contributed by atoms with Crippen molar-refractivity contribution in [3.63, 3.8) is 0 Å². The number of methoxy groups -OCH3 is 1. The Bertz CT molecular complexity index is 381. The molecule has 0 spiro atoms. The van der Waals surface area contributed by atoms with Gasteiger partial charge in [0.15, 0.2) is 0 Å². The Kier molecular flexibility index (Phi) is 8.09. The third kappa shape index (κ3) is 6.50. The van der Waals surface area contributed by atoms with E-state index in [2.05, 4.69) is 0 Å². The smallest absolute Gasteiger partial charge is 0.339 e. The lowest BCUT2D eigenvalue weighted by molar-refractivity contribution is 0.0692. The summed E-state index contributed by atoms with van der Waals surface area (Å²) in [5.41, 5.74) is 0.218. The second-order valence-electron chi connectivity index (χ2n) is 3.96. The van der Waals surface area contributed by atoms with Crippen molar-refractivity contribution in [2.45, 2.75) is 12.8 Å². The van der Waals surface area contributed by atoms with Crippen LogP contribution < -0.4 is 4.74 Å². The lowest BCUT2D eigenvalue weighted by atomic mass is 10.2. The molecule has 4 nitrogen and oxygen atoms in total. The summed E-state index contributed by atoms with van der Waals surface area (Å²) in [6.07, 6.45) is 1.97. The van der Waals surface area contributed by atoms with Crippen LogP contribution in [0.3, 0.4) is 0 Å². The summed E-state index contributed by atoms with van der Waals surface area (Å²) in [5.74, 6) is 1.59. The van der Waals surface area contributed by atoms with Gasteiger partial charge in [-0.05, 0) is 36.5 Å². The largest absolute Gasteiger partial charge is 0.493 e. The predicted octanol–water partition coefficient (Wildman–Crippen LogP) is 2.92. The number of para-hydroxylation sites is 1. The van der Waals surface area contributed by atoms with Crippen LogP contribution in [0.25, 0.3) is 0 Å². The highest BCUT2D eigenvalue weighted by atomic mass is 32.2. The van der Waals surface area contributed by atoms with E-state index in [1.165, 1.54) is 0 Å². The first-order valence-electron chi connectivity index (χ1n) is 6.27. The molecule has 0 saturated heterocycles. The van der Waals surface area contributed by atoms with Crippen LogP contribution in [0, 0.1) is 0 Å². The van der Waals surface area contributed by atoms with Gasteiger partial charge < -0.3 is 14.6 Å². The Morgan fingerprint density at radius 3 is 2.58 bits per heavy atom. The highest BCUT2D eigenvalue weighted by molar-refractivity contribution is 7.99. The van der Waals surface area contributed by atoms with Crippen LogP contribution in [0.4, 0.5) is 0 Å². The van der Waals surface area contributed by atoms with E-state index in [1.807, 2.05) is 11.8 Å². The molecule has 0 aliphatic heterocycles. The van der Waals surface area contributed by atoms with Crippen LogP contribution in [0.5, 0.6) is 5.75 Å². The van der Waals surface area contributed by atoms with E-state index in [1.54, 1.807) is 31.4 Å². The number of carbonyl (C=O) groups is 1. The van der Waals surface area contributed by atoms with Crippen LogP contribution >= 0.6 is 11.8 Å². The summed E-state index contributed by atoms with van der Waals surface area (Å²) < 4.78 is 10.5. The van der Waals surface area contributed by atoms with Gasteiger partial charge in [-0.25, -0.2) is 4.79 Å². The Morgan fingerprint density at radius 2 is 1.89 bits per heavy atom. The molecule has 1 aromatic rings. The molecule has 0 radical (unpaired) electrons. The Labute approximate surface area is 118 Å².